The average Bonchev–Trinajstić information content (AvgIpc) is 3.44. The summed E-state index contributed by atoms with van der Waals surface area (Å²) < 4.78 is 2.27. The molecule has 0 unspecified atom stereocenters. The highest BCUT2D eigenvalue weighted by Crippen LogP contribution is 2.34. The first-order valence-corrected chi connectivity index (χ1v) is 26.0. The Morgan fingerprint density at radius 1 is 0.489 bits per heavy atom. The van der Waals surface area contributed by atoms with Crippen molar-refractivity contribution >= 4 is 77.9 Å². The maximum absolute atomic E-state index is 4.86. The molecule has 0 bridgehead atoms. The van der Waals surface area contributed by atoms with Crippen LogP contribution in [0.3, 0.4) is 0 Å². The number of hydrogen-bond acceptors (Lipinski definition) is 1. The molecule has 0 saturated carbocycles. The molecule has 0 aliphatic rings. The lowest BCUT2D eigenvalue weighted by Crippen LogP contribution is -1.90. The van der Waals surface area contributed by atoms with Gasteiger partial charge in [-0.25, -0.2) is 4.98 Å². The molecule has 5 aromatic rings. The summed E-state index contributed by atoms with van der Waals surface area (Å²) in [6.45, 7) is 30.1. The largest absolute Gasteiger partial charge is 0.292 e. The molecule has 0 amide bonds. The van der Waals surface area contributed by atoms with Crippen LogP contribution in [0.1, 0.15) is 62.3 Å². The smallest absolute Gasteiger partial charge is 0.146 e. The van der Waals surface area contributed by atoms with Crippen LogP contribution in [0.2, 0.25) is 0 Å². The molecule has 0 atom stereocenters. The zero-order valence-corrected chi connectivity index (χ0v) is 34.6. The quantitative estimate of drug-likeness (QED) is 0.138. The molecule has 0 saturated heterocycles. The van der Waals surface area contributed by atoms with E-state index in [4.69, 9.17) is 4.98 Å². The van der Waals surface area contributed by atoms with Gasteiger partial charge in [0.25, 0.3) is 0 Å². The molecule has 3 aromatic carbocycles. The molecule has 2 nitrogen and oxygen atoms in total. The van der Waals surface area contributed by atoms with Gasteiger partial charge in [0.05, 0.1) is 16.6 Å². The summed E-state index contributed by atoms with van der Waals surface area (Å²) in [5, 5.41) is 3.73. The highest BCUT2D eigenvalue weighted by atomic mass is 31.2. The third kappa shape index (κ3) is 16.4. The number of pyridine rings is 1. The van der Waals surface area contributed by atoms with Gasteiger partial charge in [0.1, 0.15) is 5.65 Å². The highest BCUT2D eigenvalue weighted by Gasteiger charge is 2.12. The number of imidazole rings is 1. The van der Waals surface area contributed by atoms with Crippen LogP contribution in [-0.4, -0.2) is 86.8 Å². The van der Waals surface area contributed by atoms with E-state index in [1.54, 1.807) is 0 Å². The molecule has 45 heavy (non-hydrogen) atoms. The van der Waals surface area contributed by atoms with E-state index in [1.165, 1.54) is 40.2 Å². The van der Waals surface area contributed by atoms with Gasteiger partial charge in [0.2, 0.25) is 0 Å². The molecular weight excluding hydrogens is 601 g/mol. The number of hydrogen-bond donors (Lipinski definition) is 0. The van der Waals surface area contributed by atoms with E-state index < -0.39 is 20.7 Å². The van der Waals surface area contributed by atoms with Crippen molar-refractivity contribution in [3.05, 3.63) is 72.8 Å². The van der Waals surface area contributed by atoms with Crippen molar-refractivity contribution in [2.75, 3.05) is 58.5 Å². The minimum atomic E-state index is -0.647. The molecular formula is C40H69N2P3. The molecule has 0 N–H and O–H groups in total. The minimum absolute atomic E-state index is 0.647. The topological polar surface area (TPSA) is 17.3 Å². The Morgan fingerprint density at radius 3 is 1.20 bits per heavy atom. The van der Waals surface area contributed by atoms with Crippen LogP contribution in [0, 0.1) is 0 Å². The van der Waals surface area contributed by atoms with Crippen LogP contribution in [0.25, 0.3) is 38.4 Å². The second-order valence-corrected chi connectivity index (χ2v) is 25.6. The SMILES string of the molecule is C=P(C)(C)CC.C=P(C)(C)CC.C=P(C)(C)CC.CC.CC.CC.c1ccc2c(c1)nc1c3ccccc3c3ccccc3n21. The molecule has 5 rings (SSSR count). The number of fused-ring (bicyclic) bond motifs is 8. The summed E-state index contributed by atoms with van der Waals surface area (Å²) in [6.07, 6.45) is 15.8. The predicted molar refractivity (Wildman–Crippen MR) is 231 cm³/mol. The first-order valence-electron chi connectivity index (χ1n) is 16.8. The van der Waals surface area contributed by atoms with E-state index in [-0.39, 0.29) is 0 Å². The lowest BCUT2D eigenvalue weighted by molar-refractivity contribution is 1.31. The minimum Gasteiger partial charge on any atom is -0.292 e. The summed E-state index contributed by atoms with van der Waals surface area (Å²) >= 11 is 0. The first kappa shape index (κ1) is 45.2. The summed E-state index contributed by atoms with van der Waals surface area (Å²) in [4.78, 5) is 4.86. The van der Waals surface area contributed by atoms with Gasteiger partial charge in [-0.1, -0.05) is 117 Å². The van der Waals surface area contributed by atoms with E-state index in [1.807, 2.05) is 47.6 Å². The fraction of sp³-hybridized carbons (Fsp3) is 0.450. The van der Waals surface area contributed by atoms with Crippen molar-refractivity contribution in [2.45, 2.75) is 62.3 Å². The number of benzene rings is 3. The van der Waals surface area contributed by atoms with Crippen molar-refractivity contribution in [3.8, 4) is 0 Å². The maximum Gasteiger partial charge on any atom is 0.146 e. The van der Waals surface area contributed by atoms with Crippen molar-refractivity contribution in [2.24, 2.45) is 0 Å². The van der Waals surface area contributed by atoms with Gasteiger partial charge < -0.3 is 0 Å². The van der Waals surface area contributed by atoms with Crippen molar-refractivity contribution in [1.82, 2.24) is 9.38 Å². The van der Waals surface area contributed by atoms with E-state index in [2.05, 4.69) is 151 Å². The van der Waals surface area contributed by atoms with Gasteiger partial charge in [0, 0.05) is 10.8 Å². The predicted octanol–water partition coefficient (Wildman–Crippen LogP) is 13.0. The number of rotatable bonds is 3. The molecule has 0 fully saturated rings. The summed E-state index contributed by atoms with van der Waals surface area (Å²) in [5.41, 5.74) is 4.44. The number of para-hydroxylation sites is 3. The highest BCUT2D eigenvalue weighted by molar-refractivity contribution is 7.72. The van der Waals surface area contributed by atoms with E-state index in [0.29, 0.717) is 0 Å². The Morgan fingerprint density at radius 2 is 0.800 bits per heavy atom. The Kier molecular flexibility index (Phi) is 22.6. The van der Waals surface area contributed by atoms with Gasteiger partial charge in [-0.05, 0) is 82.1 Å². The summed E-state index contributed by atoms with van der Waals surface area (Å²) in [5.74, 6) is 0. The summed E-state index contributed by atoms with van der Waals surface area (Å²) in [7, 11) is 0. The van der Waals surface area contributed by atoms with Crippen LogP contribution in [0.15, 0.2) is 72.8 Å². The zero-order chi connectivity index (χ0) is 35.4. The van der Waals surface area contributed by atoms with Crippen LogP contribution >= 0.6 is 20.7 Å². The Labute approximate surface area is 280 Å². The third-order valence-corrected chi connectivity index (χ3v) is 11.9. The normalized spacial score (nSPS) is 10.6. The molecule has 0 aliphatic carbocycles. The van der Waals surface area contributed by atoms with Crippen LogP contribution < -0.4 is 0 Å². The monoisotopic (exact) mass is 670 g/mol. The van der Waals surface area contributed by atoms with Gasteiger partial charge in [0.15, 0.2) is 0 Å². The fourth-order valence-corrected chi connectivity index (χ4v) is 3.26. The van der Waals surface area contributed by atoms with E-state index in [9.17, 15) is 0 Å². The molecule has 0 aliphatic heterocycles. The third-order valence-electron chi connectivity index (χ3n) is 6.73. The van der Waals surface area contributed by atoms with Gasteiger partial charge in [-0.2, -0.15) is 0 Å². The second-order valence-electron chi connectivity index (χ2n) is 12.1. The number of nitrogens with zero attached hydrogens (tertiary/aromatic N) is 2. The Balaban J connectivity index is 0. The van der Waals surface area contributed by atoms with Crippen molar-refractivity contribution in [1.29, 1.82) is 0 Å². The first-order chi connectivity index (χ1) is 21.1. The fourth-order valence-electron chi connectivity index (χ4n) is 3.26. The van der Waals surface area contributed by atoms with Gasteiger partial charge >= 0.3 is 0 Å². The molecule has 2 heterocycles. The lowest BCUT2D eigenvalue weighted by atomic mass is 10.1. The van der Waals surface area contributed by atoms with Crippen LogP contribution in [0.5, 0.6) is 0 Å². The second kappa shape index (κ2) is 22.5. The lowest BCUT2D eigenvalue weighted by Gasteiger charge is -2.08. The molecule has 5 heteroatoms. The number of aromatic nitrogens is 2. The molecule has 0 spiro atoms. The van der Waals surface area contributed by atoms with Crippen LogP contribution in [-0.2, 0) is 0 Å². The molecule has 2 aromatic heterocycles. The molecule has 0 radical (unpaired) electrons. The Bertz CT molecular complexity index is 1610. The average molecular weight is 671 g/mol. The van der Waals surface area contributed by atoms with Crippen molar-refractivity contribution < 1.29 is 0 Å². The maximum atomic E-state index is 4.86. The zero-order valence-electron chi connectivity index (χ0n) is 31.9. The van der Waals surface area contributed by atoms with Crippen LogP contribution in [0.4, 0.5) is 0 Å². The molecule has 254 valence electrons. The Hall–Kier alpha value is -1.97. The summed E-state index contributed by atoms with van der Waals surface area (Å²) in [6, 6.07) is 25.4. The van der Waals surface area contributed by atoms with Gasteiger partial charge in [-0.3, -0.25) is 4.40 Å². The van der Waals surface area contributed by atoms with Gasteiger partial charge in [-0.15, -0.1) is 39.6 Å². The standard InChI is InChI=1S/C19H12N2.3C5H13P.3C2H6/c1-2-9-15-13(7-1)14-8-3-5-11-17(14)21-18-12-6-4-10-16(18)20-19(15)21;3*1-5-6(2,3)4;3*1-2/h1-12H;3*2,5H2,1,3-4H3;3*1-2H3. The van der Waals surface area contributed by atoms with E-state index in [0.717, 1.165) is 16.7 Å². The van der Waals surface area contributed by atoms with E-state index >= 15 is 0 Å². The van der Waals surface area contributed by atoms with Crippen molar-refractivity contribution in [3.63, 3.8) is 0 Å².